The Morgan fingerprint density at radius 3 is 2.07 bits per heavy atom. The molecule has 0 radical (unpaired) electrons. The fourth-order valence-electron chi connectivity index (χ4n) is 1.49. The van der Waals surface area contributed by atoms with Crippen molar-refractivity contribution in [3.63, 3.8) is 0 Å². The molecule has 0 aromatic heterocycles. The van der Waals surface area contributed by atoms with Gasteiger partial charge in [0.25, 0.3) is 0 Å². The normalized spacial score (nSPS) is 18.4. The minimum absolute atomic E-state index is 0.133. The maximum absolute atomic E-state index is 9.93. The third kappa shape index (κ3) is 4.11. The van der Waals surface area contributed by atoms with Gasteiger partial charge in [0.05, 0.1) is 17.6 Å². The molecule has 0 rings (SSSR count). The van der Waals surface area contributed by atoms with Crippen LogP contribution in [-0.2, 0) is 0 Å². The van der Waals surface area contributed by atoms with Crippen LogP contribution in [0.3, 0.4) is 0 Å². The van der Waals surface area contributed by atoms with Crippen LogP contribution in [0, 0.1) is 22.2 Å². The summed E-state index contributed by atoms with van der Waals surface area (Å²) in [5.41, 5.74) is -0.507. The summed E-state index contributed by atoms with van der Waals surface area (Å²) in [4.78, 5) is 0. The molecule has 0 unspecified atom stereocenters. The Balaban J connectivity index is 4.41. The number of aliphatic hydroxyl groups is 1. The quantitative estimate of drug-likeness (QED) is 0.752. The Bertz CT molecular complexity index is 211. The van der Waals surface area contributed by atoms with E-state index in [1.165, 1.54) is 0 Å². The van der Waals surface area contributed by atoms with Crippen LogP contribution < -0.4 is 0 Å². The lowest BCUT2D eigenvalue weighted by atomic mass is 9.75. The first-order chi connectivity index (χ1) is 6.25. The van der Waals surface area contributed by atoms with Gasteiger partial charge in [0, 0.05) is 0 Å². The monoisotopic (exact) mass is 197 g/mol. The Morgan fingerprint density at radius 2 is 1.79 bits per heavy atom. The Labute approximate surface area is 87.9 Å². The van der Waals surface area contributed by atoms with E-state index < -0.39 is 6.10 Å². The Morgan fingerprint density at radius 1 is 1.29 bits per heavy atom. The van der Waals surface area contributed by atoms with Crippen LogP contribution in [0.25, 0.3) is 0 Å². The predicted molar refractivity (Wildman–Crippen MR) is 58.7 cm³/mol. The van der Waals surface area contributed by atoms with Gasteiger partial charge >= 0.3 is 0 Å². The minimum Gasteiger partial charge on any atom is -0.393 e. The smallest absolute Gasteiger partial charge is 0.0687 e. The summed E-state index contributed by atoms with van der Waals surface area (Å²) in [7, 11) is 0. The van der Waals surface area contributed by atoms with Gasteiger partial charge in [-0.05, 0) is 25.2 Å². The first-order valence-corrected chi connectivity index (χ1v) is 5.34. The average Bonchev–Trinajstić information content (AvgIpc) is 2.03. The first kappa shape index (κ1) is 13.4. The van der Waals surface area contributed by atoms with Crippen molar-refractivity contribution in [2.75, 3.05) is 0 Å². The molecule has 0 heterocycles. The molecule has 0 spiro atoms. The Hall–Kier alpha value is -0.550. The van der Waals surface area contributed by atoms with Gasteiger partial charge in [-0.2, -0.15) is 5.26 Å². The third-order valence-corrected chi connectivity index (χ3v) is 2.72. The van der Waals surface area contributed by atoms with Crippen LogP contribution in [-0.4, -0.2) is 11.2 Å². The lowest BCUT2D eigenvalue weighted by Gasteiger charge is -2.31. The number of rotatable bonds is 4. The fourth-order valence-corrected chi connectivity index (χ4v) is 1.49. The van der Waals surface area contributed by atoms with Crippen LogP contribution >= 0.6 is 0 Å². The summed E-state index contributed by atoms with van der Waals surface area (Å²) in [6, 6.07) is 2.32. The maximum atomic E-state index is 9.93. The summed E-state index contributed by atoms with van der Waals surface area (Å²) >= 11 is 0. The molecule has 0 aliphatic rings. The number of nitrogens with zero attached hydrogens (tertiary/aromatic N) is 1. The van der Waals surface area contributed by atoms with E-state index >= 15 is 0 Å². The van der Waals surface area contributed by atoms with E-state index in [1.54, 1.807) is 0 Å². The van der Waals surface area contributed by atoms with E-state index in [9.17, 15) is 5.11 Å². The molecule has 82 valence electrons. The lowest BCUT2D eigenvalue weighted by Crippen LogP contribution is -2.32. The van der Waals surface area contributed by atoms with Crippen LogP contribution in [0.5, 0.6) is 0 Å². The standard InChI is InChI=1S/C12H23NO/c1-6-7-12(5,9-13)8-10(14)11(2,3)4/h10,14H,6-8H2,1-5H3/t10-,12-/m0/s1. The zero-order valence-electron chi connectivity index (χ0n) is 10.1. The number of aliphatic hydroxyl groups excluding tert-OH is 1. The van der Waals surface area contributed by atoms with Gasteiger partial charge in [0.2, 0.25) is 0 Å². The number of nitriles is 1. The fraction of sp³-hybridized carbons (Fsp3) is 0.917. The van der Waals surface area contributed by atoms with E-state index in [1.807, 2.05) is 27.7 Å². The molecule has 2 atom stereocenters. The van der Waals surface area contributed by atoms with Crippen molar-refractivity contribution in [3.8, 4) is 6.07 Å². The molecular weight excluding hydrogens is 174 g/mol. The minimum atomic E-state index is -0.404. The van der Waals surface area contributed by atoms with Crippen LogP contribution in [0.4, 0.5) is 0 Å². The Kier molecular flexibility index (Phi) is 4.61. The van der Waals surface area contributed by atoms with Gasteiger partial charge in [-0.15, -0.1) is 0 Å². The second kappa shape index (κ2) is 4.79. The van der Waals surface area contributed by atoms with Crippen molar-refractivity contribution in [1.29, 1.82) is 5.26 Å². The molecule has 0 aliphatic carbocycles. The van der Waals surface area contributed by atoms with Crippen LogP contribution in [0.2, 0.25) is 0 Å². The van der Waals surface area contributed by atoms with Crippen molar-refractivity contribution in [3.05, 3.63) is 0 Å². The first-order valence-electron chi connectivity index (χ1n) is 5.34. The van der Waals surface area contributed by atoms with Crippen LogP contribution in [0.15, 0.2) is 0 Å². The maximum Gasteiger partial charge on any atom is 0.0687 e. The van der Waals surface area contributed by atoms with E-state index in [0.717, 1.165) is 12.8 Å². The number of hydrogen-bond donors (Lipinski definition) is 1. The molecule has 0 aliphatic heterocycles. The second-order valence-electron chi connectivity index (χ2n) is 5.51. The van der Waals surface area contributed by atoms with E-state index in [4.69, 9.17) is 5.26 Å². The van der Waals surface area contributed by atoms with Crippen molar-refractivity contribution in [2.24, 2.45) is 10.8 Å². The molecule has 0 bridgehead atoms. The largest absolute Gasteiger partial charge is 0.393 e. The van der Waals surface area contributed by atoms with Gasteiger partial charge in [-0.1, -0.05) is 34.1 Å². The summed E-state index contributed by atoms with van der Waals surface area (Å²) < 4.78 is 0. The summed E-state index contributed by atoms with van der Waals surface area (Å²) in [6.07, 6.45) is 2.01. The molecule has 2 nitrogen and oxygen atoms in total. The molecule has 0 fully saturated rings. The molecular formula is C12H23NO. The van der Waals surface area contributed by atoms with Crippen molar-refractivity contribution < 1.29 is 5.11 Å². The van der Waals surface area contributed by atoms with Gasteiger partial charge < -0.3 is 5.11 Å². The molecule has 2 heteroatoms. The predicted octanol–water partition coefficient (Wildman–Crippen LogP) is 3.11. The van der Waals surface area contributed by atoms with Gasteiger partial charge in [-0.3, -0.25) is 0 Å². The van der Waals surface area contributed by atoms with Gasteiger partial charge in [-0.25, -0.2) is 0 Å². The highest BCUT2D eigenvalue weighted by atomic mass is 16.3. The third-order valence-electron chi connectivity index (χ3n) is 2.72. The van der Waals surface area contributed by atoms with Crippen molar-refractivity contribution in [2.45, 2.75) is 60.0 Å². The molecule has 0 amide bonds. The van der Waals surface area contributed by atoms with E-state index in [0.29, 0.717) is 6.42 Å². The second-order valence-corrected chi connectivity index (χ2v) is 5.51. The molecule has 14 heavy (non-hydrogen) atoms. The molecule has 1 N–H and O–H groups in total. The highest BCUT2D eigenvalue weighted by Gasteiger charge is 2.32. The van der Waals surface area contributed by atoms with Gasteiger partial charge in [0.15, 0.2) is 0 Å². The highest BCUT2D eigenvalue weighted by molar-refractivity contribution is 4.97. The summed E-state index contributed by atoms with van der Waals surface area (Å²) in [5, 5.41) is 19.0. The number of hydrogen-bond acceptors (Lipinski definition) is 2. The average molecular weight is 197 g/mol. The molecule has 0 aromatic rings. The zero-order valence-corrected chi connectivity index (χ0v) is 10.1. The SMILES string of the molecule is CCC[C@](C)(C#N)C[C@H](O)C(C)(C)C. The summed E-state index contributed by atoms with van der Waals surface area (Å²) in [5.74, 6) is 0. The topological polar surface area (TPSA) is 44.0 Å². The van der Waals surface area contributed by atoms with Crippen LogP contribution in [0.1, 0.15) is 53.9 Å². The van der Waals surface area contributed by atoms with Crippen molar-refractivity contribution in [1.82, 2.24) is 0 Å². The molecule has 0 saturated heterocycles. The van der Waals surface area contributed by atoms with Gasteiger partial charge in [0.1, 0.15) is 0 Å². The zero-order chi connectivity index (χ0) is 11.4. The van der Waals surface area contributed by atoms with Crippen molar-refractivity contribution >= 4 is 0 Å². The van der Waals surface area contributed by atoms with E-state index in [2.05, 4.69) is 13.0 Å². The summed E-state index contributed by atoms with van der Waals surface area (Å²) in [6.45, 7) is 10.0. The highest BCUT2D eigenvalue weighted by Crippen LogP contribution is 2.33. The molecule has 0 aromatic carbocycles. The van der Waals surface area contributed by atoms with E-state index in [-0.39, 0.29) is 10.8 Å². The molecule has 0 saturated carbocycles. The lowest BCUT2D eigenvalue weighted by molar-refractivity contribution is 0.0303.